The smallest absolute Gasteiger partial charge is 0.0535 e. The fraction of sp³-hybridized carbons (Fsp3) is 0.208. The molecule has 0 spiro atoms. The van der Waals surface area contributed by atoms with Crippen molar-refractivity contribution in [2.24, 2.45) is 11.8 Å². The van der Waals surface area contributed by atoms with Gasteiger partial charge in [-0.15, -0.1) is 6.42 Å². The molecule has 3 unspecified atom stereocenters. The largest absolute Gasteiger partial charge is 0.313 e. The van der Waals surface area contributed by atoms with Gasteiger partial charge in [-0.05, 0) is 120 Å². The molecule has 1 aromatic heterocycles. The minimum Gasteiger partial charge on any atom is -0.313 e. The Labute approximate surface area is 297 Å². The van der Waals surface area contributed by atoms with Crippen molar-refractivity contribution in [1.82, 2.24) is 4.57 Å². The zero-order valence-electron chi connectivity index (χ0n) is 29.7. The summed E-state index contributed by atoms with van der Waals surface area (Å²) in [4.78, 5) is 2.40. The molecular weight excluding hydrogens is 605 g/mol. The summed E-state index contributed by atoms with van der Waals surface area (Å²) in [5.41, 5.74) is 15.1. The standard InChI is InChI=1S/C48H44N2/c1-7-8-22-45-34(4)41-31-37(29-30-46(41)50(45)44-24-14-10-17-33(44)3)49(43-23-13-9-16-32(43)2)36-27-25-35(26-28-36)38-19-15-20-40-39-18-11-12-21-42(39)48(5,6)47(38)40/h1,8-16,18-31,33,39,42H,17H2,2-6H3/b22-8-. The lowest BCUT2D eigenvalue weighted by atomic mass is 9.73. The summed E-state index contributed by atoms with van der Waals surface area (Å²) in [5.74, 6) is 4.03. The highest BCUT2D eigenvalue weighted by Crippen LogP contribution is 2.55. The van der Waals surface area contributed by atoms with Gasteiger partial charge in [-0.25, -0.2) is 0 Å². The topological polar surface area (TPSA) is 8.17 Å². The van der Waals surface area contributed by atoms with Crippen LogP contribution in [-0.2, 0) is 5.41 Å². The number of fused-ring (bicyclic) bond motifs is 4. The summed E-state index contributed by atoms with van der Waals surface area (Å²) in [6.07, 6.45) is 26.5. The molecule has 50 heavy (non-hydrogen) atoms. The van der Waals surface area contributed by atoms with Crippen LogP contribution in [-0.4, -0.2) is 4.57 Å². The van der Waals surface area contributed by atoms with Crippen molar-refractivity contribution in [2.45, 2.75) is 52.4 Å². The monoisotopic (exact) mass is 648 g/mol. The van der Waals surface area contributed by atoms with E-state index in [1.165, 1.54) is 55.7 Å². The Balaban J connectivity index is 1.26. The summed E-state index contributed by atoms with van der Waals surface area (Å²) in [6, 6.07) is 31.7. The summed E-state index contributed by atoms with van der Waals surface area (Å²) in [6.45, 7) is 11.5. The van der Waals surface area contributed by atoms with E-state index in [1.54, 1.807) is 0 Å². The van der Waals surface area contributed by atoms with Crippen LogP contribution in [0.15, 0.2) is 134 Å². The number of terminal acetylenes is 1. The third-order valence-corrected chi connectivity index (χ3v) is 11.4. The van der Waals surface area contributed by atoms with Gasteiger partial charge in [0.2, 0.25) is 0 Å². The molecule has 3 aliphatic rings. The lowest BCUT2D eigenvalue weighted by Gasteiger charge is -2.30. The molecule has 1 heterocycles. The predicted octanol–water partition coefficient (Wildman–Crippen LogP) is 12.6. The first-order valence-corrected chi connectivity index (χ1v) is 17.9. The third kappa shape index (κ3) is 5.04. The van der Waals surface area contributed by atoms with E-state index in [0.717, 1.165) is 23.5 Å². The van der Waals surface area contributed by atoms with Crippen molar-refractivity contribution < 1.29 is 0 Å². The maximum atomic E-state index is 5.71. The lowest BCUT2D eigenvalue weighted by Crippen LogP contribution is -2.25. The quantitative estimate of drug-likeness (QED) is 0.166. The first kappa shape index (κ1) is 31.7. The van der Waals surface area contributed by atoms with Crippen LogP contribution in [0.2, 0.25) is 0 Å². The zero-order chi connectivity index (χ0) is 34.6. The van der Waals surface area contributed by atoms with Crippen molar-refractivity contribution in [3.8, 4) is 23.5 Å². The first-order valence-electron chi connectivity index (χ1n) is 17.9. The average Bonchev–Trinajstić information content (AvgIpc) is 3.55. The zero-order valence-corrected chi connectivity index (χ0v) is 29.7. The van der Waals surface area contributed by atoms with Gasteiger partial charge in [-0.1, -0.05) is 112 Å². The molecule has 0 radical (unpaired) electrons. The van der Waals surface area contributed by atoms with Crippen LogP contribution in [0.1, 0.15) is 61.1 Å². The number of rotatable bonds is 6. The number of nitrogens with zero attached hydrogens (tertiary/aromatic N) is 2. The molecule has 4 aromatic carbocycles. The van der Waals surface area contributed by atoms with Crippen LogP contribution in [0.3, 0.4) is 0 Å². The number of benzene rings is 4. The first-order chi connectivity index (χ1) is 24.3. The van der Waals surface area contributed by atoms with Crippen LogP contribution in [0.4, 0.5) is 17.1 Å². The Bertz CT molecular complexity index is 2330. The van der Waals surface area contributed by atoms with Crippen molar-refractivity contribution >= 4 is 39.7 Å². The molecule has 2 nitrogen and oxygen atoms in total. The van der Waals surface area contributed by atoms with Gasteiger partial charge in [-0.3, -0.25) is 0 Å². The Kier molecular flexibility index (Phi) is 7.88. The van der Waals surface area contributed by atoms with Crippen LogP contribution in [0.5, 0.6) is 0 Å². The van der Waals surface area contributed by atoms with Crippen LogP contribution < -0.4 is 4.90 Å². The highest BCUT2D eigenvalue weighted by atomic mass is 15.1. The van der Waals surface area contributed by atoms with E-state index in [2.05, 4.69) is 184 Å². The molecular formula is C48H44N2. The molecule has 0 saturated carbocycles. The van der Waals surface area contributed by atoms with Gasteiger partial charge in [0.1, 0.15) is 0 Å². The number of anilines is 3. The van der Waals surface area contributed by atoms with Crippen molar-refractivity contribution in [3.05, 3.63) is 161 Å². The van der Waals surface area contributed by atoms with Gasteiger partial charge < -0.3 is 9.47 Å². The molecule has 0 fully saturated rings. The molecule has 0 saturated heterocycles. The van der Waals surface area contributed by atoms with E-state index in [1.807, 2.05) is 6.08 Å². The van der Waals surface area contributed by atoms with Crippen molar-refractivity contribution in [3.63, 3.8) is 0 Å². The van der Waals surface area contributed by atoms with Gasteiger partial charge in [-0.2, -0.15) is 0 Å². The maximum absolute atomic E-state index is 5.71. The molecule has 0 amide bonds. The number of hydrogen-bond donors (Lipinski definition) is 0. The Morgan fingerprint density at radius 2 is 1.66 bits per heavy atom. The number of para-hydroxylation sites is 1. The Hall–Kier alpha value is -5.52. The highest BCUT2D eigenvalue weighted by Gasteiger charge is 2.45. The summed E-state index contributed by atoms with van der Waals surface area (Å²) < 4.78 is 2.41. The molecule has 0 N–H and O–H groups in total. The van der Waals surface area contributed by atoms with Gasteiger partial charge in [0.25, 0.3) is 0 Å². The summed E-state index contributed by atoms with van der Waals surface area (Å²) in [5, 5.41) is 1.23. The van der Waals surface area contributed by atoms with Crippen LogP contribution >= 0.6 is 0 Å². The Morgan fingerprint density at radius 1 is 0.880 bits per heavy atom. The van der Waals surface area contributed by atoms with Crippen molar-refractivity contribution in [2.75, 3.05) is 4.90 Å². The average molecular weight is 649 g/mol. The molecule has 0 bridgehead atoms. The normalized spacial score (nSPS) is 20.2. The summed E-state index contributed by atoms with van der Waals surface area (Å²) in [7, 11) is 0. The molecule has 5 aromatic rings. The van der Waals surface area contributed by atoms with E-state index >= 15 is 0 Å². The van der Waals surface area contributed by atoms with E-state index < -0.39 is 0 Å². The highest BCUT2D eigenvalue weighted by molar-refractivity contribution is 5.96. The van der Waals surface area contributed by atoms with E-state index in [0.29, 0.717) is 17.8 Å². The number of hydrogen-bond acceptors (Lipinski definition) is 1. The van der Waals surface area contributed by atoms with Gasteiger partial charge in [0.05, 0.1) is 11.2 Å². The Morgan fingerprint density at radius 3 is 2.44 bits per heavy atom. The van der Waals surface area contributed by atoms with Crippen LogP contribution in [0.25, 0.3) is 33.8 Å². The molecule has 3 atom stereocenters. The number of aryl methyl sites for hydroxylation is 2. The predicted molar refractivity (Wildman–Crippen MR) is 214 cm³/mol. The summed E-state index contributed by atoms with van der Waals surface area (Å²) >= 11 is 0. The molecule has 246 valence electrons. The van der Waals surface area contributed by atoms with E-state index in [9.17, 15) is 0 Å². The fourth-order valence-electron chi connectivity index (χ4n) is 8.83. The SMILES string of the molecule is C#C/C=C\c1c(C)c2cc(N(c3ccc(-c4cccc5c4C(C)(C)C4C=CC=CC54)cc3)c3ccccc3C)ccc2n1C1=CC=CCC1C. The number of allylic oxidation sites excluding steroid dienone is 9. The second-order valence-electron chi connectivity index (χ2n) is 14.7. The fourth-order valence-corrected chi connectivity index (χ4v) is 8.83. The minimum atomic E-state index is 0.0450. The van der Waals surface area contributed by atoms with Gasteiger partial charge in [0.15, 0.2) is 0 Å². The molecule has 0 aliphatic heterocycles. The minimum absolute atomic E-state index is 0.0450. The van der Waals surface area contributed by atoms with E-state index in [4.69, 9.17) is 6.42 Å². The van der Waals surface area contributed by atoms with Crippen LogP contribution in [0, 0.1) is 38.0 Å². The third-order valence-electron chi connectivity index (χ3n) is 11.4. The van der Waals surface area contributed by atoms with Crippen molar-refractivity contribution in [1.29, 1.82) is 0 Å². The van der Waals surface area contributed by atoms with Gasteiger partial charge >= 0.3 is 0 Å². The second kappa shape index (κ2) is 12.4. The van der Waals surface area contributed by atoms with Gasteiger partial charge in [0, 0.05) is 40.0 Å². The van der Waals surface area contributed by atoms with E-state index in [-0.39, 0.29) is 5.41 Å². The number of aromatic nitrogens is 1. The lowest BCUT2D eigenvalue weighted by molar-refractivity contribution is 0.395. The molecule has 3 aliphatic carbocycles. The maximum Gasteiger partial charge on any atom is 0.0535 e. The molecule has 8 rings (SSSR count). The second-order valence-corrected chi connectivity index (χ2v) is 14.7. The molecule has 2 heteroatoms.